The maximum atomic E-state index is 12.0. The molecule has 24 heavy (non-hydrogen) atoms. The van der Waals surface area contributed by atoms with Crippen molar-refractivity contribution >= 4 is 28.4 Å². The lowest BCUT2D eigenvalue weighted by atomic mass is 10.0. The number of anilines is 1. The number of methoxy groups -OCH3 is 1. The Morgan fingerprint density at radius 3 is 2.50 bits per heavy atom. The molecule has 0 saturated heterocycles. The molecule has 2 rings (SSSR count). The number of nitriles is 1. The van der Waals surface area contributed by atoms with Crippen LogP contribution in [0.1, 0.15) is 17.3 Å². The van der Waals surface area contributed by atoms with Crippen LogP contribution in [0.25, 0.3) is 10.8 Å². The summed E-state index contributed by atoms with van der Waals surface area (Å²) in [5, 5.41) is 13.6. The summed E-state index contributed by atoms with van der Waals surface area (Å²) in [4.78, 5) is 23.6. The Labute approximate surface area is 139 Å². The lowest BCUT2D eigenvalue weighted by Crippen LogP contribution is -2.09. The molecular weight excluding hydrogens is 308 g/mol. The molecule has 0 unspecified atom stereocenters. The highest BCUT2D eigenvalue weighted by molar-refractivity contribution is 6.02. The molecule has 6 nitrogen and oxygen atoms in total. The van der Waals surface area contributed by atoms with Gasteiger partial charge in [0.05, 0.1) is 25.0 Å². The molecular formula is C18H16N2O4. The minimum absolute atomic E-state index is 0.168. The molecule has 0 aromatic heterocycles. The van der Waals surface area contributed by atoms with Gasteiger partial charge in [-0.25, -0.2) is 9.59 Å². The third kappa shape index (κ3) is 3.70. The molecule has 6 heteroatoms. The average Bonchev–Trinajstić information content (AvgIpc) is 2.61. The van der Waals surface area contributed by atoms with E-state index in [-0.39, 0.29) is 12.2 Å². The fraction of sp³-hybridized carbons (Fsp3) is 0.167. The van der Waals surface area contributed by atoms with Crippen molar-refractivity contribution in [3.05, 3.63) is 53.7 Å². The van der Waals surface area contributed by atoms with E-state index in [0.29, 0.717) is 11.3 Å². The van der Waals surface area contributed by atoms with Gasteiger partial charge in [-0.1, -0.05) is 24.3 Å². The van der Waals surface area contributed by atoms with E-state index < -0.39 is 11.9 Å². The van der Waals surface area contributed by atoms with Crippen LogP contribution in [0.4, 0.5) is 5.69 Å². The molecule has 0 fully saturated rings. The minimum atomic E-state index is -0.729. The van der Waals surface area contributed by atoms with Gasteiger partial charge in [0.2, 0.25) is 0 Å². The smallest absolute Gasteiger partial charge is 0.350 e. The number of nitrogens with one attached hydrogen (secondary N) is 1. The van der Waals surface area contributed by atoms with Crippen molar-refractivity contribution in [3.8, 4) is 6.07 Å². The summed E-state index contributed by atoms with van der Waals surface area (Å²) in [7, 11) is 1.29. The largest absolute Gasteiger partial charge is 0.465 e. The van der Waals surface area contributed by atoms with E-state index in [9.17, 15) is 9.59 Å². The standard InChI is InChI=1S/C18H16N2O4/c1-3-24-17(21)14(10-19)11-20-16-9-13-7-5-4-6-12(13)8-15(16)18(22)23-2/h4-9,11,20H,3H2,1-2H3. The first-order valence-corrected chi connectivity index (χ1v) is 7.25. The summed E-state index contributed by atoms with van der Waals surface area (Å²) >= 11 is 0. The molecule has 0 bridgehead atoms. The minimum Gasteiger partial charge on any atom is -0.465 e. The molecule has 0 spiro atoms. The quantitative estimate of drug-likeness (QED) is 0.517. The molecule has 2 aromatic carbocycles. The third-order valence-corrected chi connectivity index (χ3v) is 3.28. The Hall–Kier alpha value is -3.33. The molecule has 0 aliphatic heterocycles. The van der Waals surface area contributed by atoms with Crippen molar-refractivity contribution in [2.45, 2.75) is 6.92 Å². The van der Waals surface area contributed by atoms with Crippen LogP contribution in [-0.4, -0.2) is 25.7 Å². The highest BCUT2D eigenvalue weighted by atomic mass is 16.5. The van der Waals surface area contributed by atoms with E-state index >= 15 is 0 Å². The Bertz CT molecular complexity index is 850. The number of fused-ring (bicyclic) bond motifs is 1. The van der Waals surface area contributed by atoms with Crippen LogP contribution in [0.5, 0.6) is 0 Å². The molecule has 0 atom stereocenters. The zero-order valence-corrected chi connectivity index (χ0v) is 13.3. The summed E-state index contributed by atoms with van der Waals surface area (Å²) in [6.45, 7) is 1.82. The van der Waals surface area contributed by atoms with Crippen molar-refractivity contribution in [3.63, 3.8) is 0 Å². The number of rotatable bonds is 5. The Morgan fingerprint density at radius 1 is 1.25 bits per heavy atom. The molecule has 0 aliphatic carbocycles. The molecule has 0 aliphatic rings. The van der Waals surface area contributed by atoms with Crippen LogP contribution >= 0.6 is 0 Å². The number of benzene rings is 2. The second-order valence-corrected chi connectivity index (χ2v) is 4.77. The van der Waals surface area contributed by atoms with Gasteiger partial charge in [-0.2, -0.15) is 5.26 Å². The van der Waals surface area contributed by atoms with Gasteiger partial charge >= 0.3 is 11.9 Å². The number of esters is 2. The zero-order valence-electron chi connectivity index (χ0n) is 13.3. The van der Waals surface area contributed by atoms with Crippen LogP contribution < -0.4 is 5.32 Å². The van der Waals surface area contributed by atoms with E-state index in [2.05, 4.69) is 5.32 Å². The molecule has 122 valence electrons. The molecule has 2 aromatic rings. The first-order valence-electron chi connectivity index (χ1n) is 7.25. The predicted molar refractivity (Wildman–Crippen MR) is 89.2 cm³/mol. The SMILES string of the molecule is CCOC(=O)C(C#N)=CNc1cc2ccccc2cc1C(=O)OC. The van der Waals surface area contributed by atoms with Crippen molar-refractivity contribution < 1.29 is 19.1 Å². The number of hydrogen-bond acceptors (Lipinski definition) is 6. The van der Waals surface area contributed by atoms with Gasteiger partial charge in [0.15, 0.2) is 5.57 Å². The summed E-state index contributed by atoms with van der Waals surface area (Å²) in [5.74, 6) is -1.25. The van der Waals surface area contributed by atoms with Crippen molar-refractivity contribution in [1.29, 1.82) is 5.26 Å². The predicted octanol–water partition coefficient (Wildman–Crippen LogP) is 3.01. The summed E-state index contributed by atoms with van der Waals surface area (Å²) < 4.78 is 9.58. The van der Waals surface area contributed by atoms with Crippen LogP contribution in [0.15, 0.2) is 48.2 Å². The maximum absolute atomic E-state index is 12.0. The first kappa shape index (κ1) is 17.0. The van der Waals surface area contributed by atoms with Gasteiger partial charge in [0.1, 0.15) is 6.07 Å². The van der Waals surface area contributed by atoms with Gasteiger partial charge in [0, 0.05) is 6.20 Å². The molecule has 0 heterocycles. The second-order valence-electron chi connectivity index (χ2n) is 4.77. The summed E-state index contributed by atoms with van der Waals surface area (Å²) in [6.07, 6.45) is 1.22. The lowest BCUT2D eigenvalue weighted by Gasteiger charge is -2.10. The fourth-order valence-corrected chi connectivity index (χ4v) is 2.13. The average molecular weight is 324 g/mol. The van der Waals surface area contributed by atoms with E-state index in [1.54, 1.807) is 25.1 Å². The van der Waals surface area contributed by atoms with Gasteiger partial charge in [-0.15, -0.1) is 0 Å². The van der Waals surface area contributed by atoms with Crippen LogP contribution in [0.2, 0.25) is 0 Å². The monoisotopic (exact) mass is 324 g/mol. The van der Waals surface area contributed by atoms with E-state index in [4.69, 9.17) is 14.7 Å². The second kappa shape index (κ2) is 7.79. The Kier molecular flexibility index (Phi) is 5.53. The van der Waals surface area contributed by atoms with Crippen molar-refractivity contribution in [2.75, 3.05) is 19.0 Å². The van der Waals surface area contributed by atoms with Crippen LogP contribution in [0, 0.1) is 11.3 Å². The van der Waals surface area contributed by atoms with E-state index in [1.807, 2.05) is 24.3 Å². The number of nitrogens with zero attached hydrogens (tertiary/aromatic N) is 1. The van der Waals surface area contributed by atoms with E-state index in [1.165, 1.54) is 13.3 Å². The number of hydrogen-bond donors (Lipinski definition) is 1. The number of carbonyl (C=O) groups is 2. The highest BCUT2D eigenvalue weighted by Crippen LogP contribution is 2.25. The lowest BCUT2D eigenvalue weighted by molar-refractivity contribution is -0.138. The van der Waals surface area contributed by atoms with E-state index in [0.717, 1.165) is 10.8 Å². The first-order chi connectivity index (χ1) is 11.6. The topological polar surface area (TPSA) is 88.4 Å². The van der Waals surface area contributed by atoms with Crippen LogP contribution in [0.3, 0.4) is 0 Å². The van der Waals surface area contributed by atoms with Crippen molar-refractivity contribution in [2.24, 2.45) is 0 Å². The zero-order chi connectivity index (χ0) is 17.5. The molecule has 0 radical (unpaired) electrons. The van der Waals surface area contributed by atoms with Crippen molar-refractivity contribution in [1.82, 2.24) is 0 Å². The van der Waals surface area contributed by atoms with Crippen LogP contribution in [-0.2, 0) is 14.3 Å². The number of carbonyl (C=O) groups excluding carboxylic acids is 2. The van der Waals surface area contributed by atoms with Gasteiger partial charge < -0.3 is 14.8 Å². The summed E-state index contributed by atoms with van der Waals surface area (Å²) in [6, 6.07) is 12.7. The van der Waals surface area contributed by atoms with Gasteiger partial charge in [-0.05, 0) is 29.8 Å². The Morgan fingerprint density at radius 2 is 1.92 bits per heavy atom. The number of ether oxygens (including phenoxy) is 2. The van der Waals surface area contributed by atoms with Gasteiger partial charge in [0.25, 0.3) is 0 Å². The molecule has 1 N–H and O–H groups in total. The fourth-order valence-electron chi connectivity index (χ4n) is 2.13. The van der Waals surface area contributed by atoms with Gasteiger partial charge in [-0.3, -0.25) is 0 Å². The Balaban J connectivity index is 2.44. The summed E-state index contributed by atoms with van der Waals surface area (Å²) in [5.41, 5.74) is 0.534. The third-order valence-electron chi connectivity index (χ3n) is 3.28. The molecule has 0 saturated carbocycles. The molecule has 0 amide bonds. The normalized spacial score (nSPS) is 10.8. The highest BCUT2D eigenvalue weighted by Gasteiger charge is 2.14. The maximum Gasteiger partial charge on any atom is 0.350 e.